The van der Waals surface area contributed by atoms with Crippen LogP contribution >= 0.6 is 15.6 Å². The van der Waals surface area contributed by atoms with Gasteiger partial charge in [0.25, 0.3) is 0 Å². The molecular weight excluding hydrogens is 362 g/mol. The Morgan fingerprint density at radius 3 is 1.79 bits per heavy atom. The van der Waals surface area contributed by atoms with Crippen LogP contribution in [0.5, 0.6) is 0 Å². The lowest BCUT2D eigenvalue weighted by Crippen LogP contribution is -2.36. The van der Waals surface area contributed by atoms with Crippen molar-refractivity contribution in [3.8, 4) is 0 Å². The summed E-state index contributed by atoms with van der Waals surface area (Å²) in [7, 11) is -5.31. The summed E-state index contributed by atoms with van der Waals surface area (Å²) < 4.78 is 30.6. The van der Waals surface area contributed by atoms with E-state index in [2.05, 4.69) is 13.9 Å². The first-order chi connectivity index (χ1) is 10.9. The van der Waals surface area contributed by atoms with Crippen molar-refractivity contribution in [2.24, 2.45) is 11.8 Å². The number of hydrogen-bond acceptors (Lipinski definition) is 6. The summed E-state index contributed by atoms with van der Waals surface area (Å²) in [5.41, 5.74) is 0. The highest BCUT2D eigenvalue weighted by Gasteiger charge is 2.27. The van der Waals surface area contributed by atoms with E-state index in [4.69, 9.17) is 19.6 Å². The molecule has 24 heavy (non-hydrogen) atoms. The maximum atomic E-state index is 10.8. The van der Waals surface area contributed by atoms with Crippen LogP contribution in [0.3, 0.4) is 0 Å². The molecule has 0 aromatic rings. The molecule has 12 heteroatoms. The molecule has 0 radical (unpaired) electrons. The zero-order chi connectivity index (χ0) is 18.4. The molecule has 2 atom stereocenters. The van der Waals surface area contributed by atoms with E-state index in [9.17, 15) is 9.13 Å². The van der Waals surface area contributed by atoms with Gasteiger partial charge in [-0.05, 0) is 45.2 Å². The van der Waals surface area contributed by atoms with Crippen LogP contribution in [0, 0.1) is 11.8 Å². The molecule has 0 aliphatic heterocycles. The lowest BCUT2D eigenvalue weighted by molar-refractivity contribution is 0.00873. The predicted octanol–water partition coefficient (Wildman–Crippen LogP) is 0.790. The summed E-state index contributed by atoms with van der Waals surface area (Å²) in [6.07, 6.45) is 4.08. The minimum absolute atomic E-state index is 0.254. The van der Waals surface area contributed by atoms with Crippen LogP contribution in [0.1, 0.15) is 25.7 Å². The molecule has 1 rings (SSSR count). The van der Waals surface area contributed by atoms with Crippen LogP contribution in [-0.4, -0.2) is 70.0 Å². The lowest BCUT2D eigenvalue weighted by Gasteiger charge is -2.34. The van der Waals surface area contributed by atoms with E-state index in [1.54, 1.807) is 0 Å². The largest absolute Gasteiger partial charge is 0.470 e. The minimum Gasteiger partial charge on any atom is -0.309 e. The standard InChI is InChI=1S/C12H28N2O8P2/c1-13(2)7-11-4-3-5-12(6-11)8-14(9-21-23(15,16)17)10-22-24(18,19)20/h11-12H,3-10H2,1-2H3,(H2,15,16,17)(H2,18,19,20). The van der Waals surface area contributed by atoms with Gasteiger partial charge in [0.15, 0.2) is 0 Å². The van der Waals surface area contributed by atoms with Crippen molar-refractivity contribution in [1.29, 1.82) is 0 Å². The second-order valence-electron chi connectivity index (χ2n) is 6.51. The van der Waals surface area contributed by atoms with Gasteiger partial charge in [-0.3, -0.25) is 13.9 Å². The number of phosphoric acid groups is 2. The van der Waals surface area contributed by atoms with E-state index in [1.807, 2.05) is 14.1 Å². The third-order valence-corrected chi connectivity index (χ3v) is 4.75. The quantitative estimate of drug-likeness (QED) is 0.313. The maximum absolute atomic E-state index is 10.8. The summed E-state index contributed by atoms with van der Waals surface area (Å²) in [5.74, 6) is 0.787. The zero-order valence-corrected chi connectivity index (χ0v) is 15.8. The van der Waals surface area contributed by atoms with E-state index >= 15 is 0 Å². The average Bonchev–Trinajstić information content (AvgIpc) is 2.39. The van der Waals surface area contributed by atoms with Crippen molar-refractivity contribution in [1.82, 2.24) is 9.80 Å². The van der Waals surface area contributed by atoms with Crippen LogP contribution in [0.4, 0.5) is 0 Å². The molecule has 0 aromatic heterocycles. The van der Waals surface area contributed by atoms with Gasteiger partial charge in [-0.25, -0.2) is 9.13 Å². The Bertz CT molecular complexity index is 440. The van der Waals surface area contributed by atoms with Crippen LogP contribution in [-0.2, 0) is 18.2 Å². The molecular formula is C12H28N2O8P2. The van der Waals surface area contributed by atoms with Gasteiger partial charge < -0.3 is 24.5 Å². The van der Waals surface area contributed by atoms with Crippen LogP contribution < -0.4 is 0 Å². The van der Waals surface area contributed by atoms with Gasteiger partial charge in [0.05, 0.1) is 0 Å². The first-order valence-corrected chi connectivity index (χ1v) is 10.8. The first kappa shape index (κ1) is 22.2. The monoisotopic (exact) mass is 390 g/mol. The van der Waals surface area contributed by atoms with Crippen molar-refractivity contribution >= 4 is 15.6 Å². The van der Waals surface area contributed by atoms with Gasteiger partial charge in [0, 0.05) is 13.1 Å². The zero-order valence-electron chi connectivity index (χ0n) is 14.0. The highest BCUT2D eigenvalue weighted by atomic mass is 31.2. The first-order valence-electron chi connectivity index (χ1n) is 7.72. The number of phosphoric ester groups is 2. The van der Waals surface area contributed by atoms with Gasteiger partial charge >= 0.3 is 15.6 Å². The summed E-state index contributed by atoms with van der Waals surface area (Å²) in [4.78, 5) is 38.7. The molecule has 1 saturated carbocycles. The van der Waals surface area contributed by atoms with E-state index in [-0.39, 0.29) is 5.92 Å². The molecule has 0 saturated heterocycles. The summed E-state index contributed by atoms with van der Waals surface area (Å²) in [6.45, 7) is 0.441. The third-order valence-electron chi connectivity index (χ3n) is 3.85. The average molecular weight is 390 g/mol. The number of hydrogen-bond donors (Lipinski definition) is 4. The van der Waals surface area contributed by atoms with Gasteiger partial charge in [0.1, 0.15) is 13.5 Å². The predicted molar refractivity (Wildman–Crippen MR) is 86.7 cm³/mol. The number of rotatable bonds is 10. The Morgan fingerprint density at radius 2 is 1.38 bits per heavy atom. The van der Waals surface area contributed by atoms with E-state index in [0.29, 0.717) is 12.5 Å². The van der Waals surface area contributed by atoms with Crippen LogP contribution in [0.25, 0.3) is 0 Å². The molecule has 2 unspecified atom stereocenters. The molecule has 0 spiro atoms. The Kier molecular flexibility index (Phi) is 8.99. The van der Waals surface area contributed by atoms with Crippen molar-refractivity contribution < 1.29 is 37.8 Å². The Labute approximate surface area is 142 Å². The molecule has 144 valence electrons. The van der Waals surface area contributed by atoms with Gasteiger partial charge in [-0.2, -0.15) is 0 Å². The molecule has 4 N–H and O–H groups in total. The Hall–Kier alpha value is 0.140. The van der Waals surface area contributed by atoms with Crippen molar-refractivity contribution in [3.63, 3.8) is 0 Å². The van der Waals surface area contributed by atoms with Crippen molar-refractivity contribution in [3.05, 3.63) is 0 Å². The minimum atomic E-state index is -4.67. The molecule has 0 bridgehead atoms. The summed E-state index contributed by atoms with van der Waals surface area (Å²) in [6, 6.07) is 0. The SMILES string of the molecule is CN(C)CC1CCCC(CN(COP(=O)(O)O)COP(=O)(O)O)C1. The molecule has 1 fully saturated rings. The van der Waals surface area contributed by atoms with Crippen molar-refractivity contribution in [2.45, 2.75) is 25.7 Å². The third kappa shape index (κ3) is 10.9. The second kappa shape index (κ2) is 9.73. The summed E-state index contributed by atoms with van der Waals surface area (Å²) >= 11 is 0. The molecule has 1 aliphatic carbocycles. The van der Waals surface area contributed by atoms with Gasteiger partial charge in [-0.1, -0.05) is 6.42 Å². The fraction of sp³-hybridized carbons (Fsp3) is 1.00. The Morgan fingerprint density at radius 1 is 0.917 bits per heavy atom. The Balaban J connectivity index is 2.58. The molecule has 1 aliphatic rings. The molecule has 0 amide bonds. The van der Waals surface area contributed by atoms with Crippen molar-refractivity contribution in [2.75, 3.05) is 40.6 Å². The van der Waals surface area contributed by atoms with E-state index < -0.39 is 29.1 Å². The van der Waals surface area contributed by atoms with E-state index in [0.717, 1.165) is 32.2 Å². The smallest absolute Gasteiger partial charge is 0.309 e. The van der Waals surface area contributed by atoms with E-state index in [1.165, 1.54) is 4.90 Å². The summed E-state index contributed by atoms with van der Waals surface area (Å²) in [5, 5.41) is 0. The highest BCUT2D eigenvalue weighted by molar-refractivity contribution is 7.46. The second-order valence-corrected chi connectivity index (χ2v) is 8.99. The van der Waals surface area contributed by atoms with Crippen LogP contribution in [0.15, 0.2) is 0 Å². The fourth-order valence-corrected chi connectivity index (χ4v) is 3.70. The highest BCUT2D eigenvalue weighted by Crippen LogP contribution is 2.38. The lowest BCUT2D eigenvalue weighted by atomic mass is 9.81. The fourth-order valence-electron chi connectivity index (χ4n) is 3.07. The maximum Gasteiger partial charge on any atom is 0.470 e. The number of nitrogens with zero attached hydrogens (tertiary/aromatic N) is 2. The molecule has 10 nitrogen and oxygen atoms in total. The van der Waals surface area contributed by atoms with Crippen LogP contribution in [0.2, 0.25) is 0 Å². The molecule has 0 aromatic carbocycles. The topological polar surface area (TPSA) is 140 Å². The van der Waals surface area contributed by atoms with Gasteiger partial charge in [0.2, 0.25) is 0 Å². The van der Waals surface area contributed by atoms with Gasteiger partial charge in [-0.15, -0.1) is 0 Å². The molecule has 0 heterocycles. The normalized spacial score (nSPS) is 23.2.